The molecule has 3 aromatic heterocycles. The number of pyridine rings is 1. The largest absolute Gasteiger partial charge is 0.356 e. The second kappa shape index (κ2) is 9.64. The van der Waals surface area contributed by atoms with E-state index in [9.17, 15) is 9.59 Å². The summed E-state index contributed by atoms with van der Waals surface area (Å²) in [7, 11) is 0. The van der Waals surface area contributed by atoms with Crippen LogP contribution in [-0.2, 0) is 11.3 Å². The standard InChI is InChI=1S/C24H33N5O2/c1-18-8-3-9-19(2)27(18)17-7-14-25-22(30)12-6-16-29-23-20(10-4-13-26-23)28-15-5-11-21(28)24(29)31/h4-5,10-11,13,15,18-19H,3,6-9,12,14,16-17H2,1-2H3,(H,25,30). The number of nitrogens with zero attached hydrogens (tertiary/aromatic N) is 4. The number of fused-ring (bicyclic) bond motifs is 3. The average molecular weight is 424 g/mol. The van der Waals surface area contributed by atoms with E-state index in [0.29, 0.717) is 49.2 Å². The molecule has 0 aromatic carbocycles. The summed E-state index contributed by atoms with van der Waals surface area (Å²) in [6.45, 7) is 6.83. The van der Waals surface area contributed by atoms with Gasteiger partial charge < -0.3 is 9.72 Å². The molecule has 1 saturated heterocycles. The minimum atomic E-state index is -0.0682. The minimum absolute atomic E-state index is 0.0498. The van der Waals surface area contributed by atoms with Crippen LogP contribution in [0.5, 0.6) is 0 Å². The van der Waals surface area contributed by atoms with E-state index in [0.717, 1.165) is 18.5 Å². The van der Waals surface area contributed by atoms with Gasteiger partial charge in [-0.15, -0.1) is 0 Å². The Morgan fingerprint density at radius 3 is 2.68 bits per heavy atom. The van der Waals surface area contributed by atoms with E-state index in [1.165, 1.54) is 19.3 Å². The highest BCUT2D eigenvalue weighted by Gasteiger charge is 2.23. The predicted molar refractivity (Wildman–Crippen MR) is 123 cm³/mol. The van der Waals surface area contributed by atoms with Crippen molar-refractivity contribution < 1.29 is 4.79 Å². The molecule has 1 N–H and O–H groups in total. The maximum absolute atomic E-state index is 12.9. The molecule has 7 heteroatoms. The lowest BCUT2D eigenvalue weighted by Gasteiger charge is -2.39. The molecule has 0 spiro atoms. The van der Waals surface area contributed by atoms with Gasteiger partial charge in [0.1, 0.15) is 5.52 Å². The smallest absolute Gasteiger partial charge is 0.276 e. The topological polar surface area (TPSA) is 71.6 Å². The zero-order valence-corrected chi connectivity index (χ0v) is 18.6. The van der Waals surface area contributed by atoms with E-state index >= 15 is 0 Å². The van der Waals surface area contributed by atoms with Crippen molar-refractivity contribution >= 4 is 22.6 Å². The van der Waals surface area contributed by atoms with Crippen molar-refractivity contribution in [3.63, 3.8) is 0 Å². The Morgan fingerprint density at radius 1 is 1.10 bits per heavy atom. The Balaban J connectivity index is 1.28. The van der Waals surface area contributed by atoms with Crippen LogP contribution in [-0.4, -0.2) is 49.9 Å². The molecule has 0 bridgehead atoms. The summed E-state index contributed by atoms with van der Waals surface area (Å²) in [6, 6.07) is 8.80. The molecule has 1 fully saturated rings. The van der Waals surface area contributed by atoms with Gasteiger partial charge in [0.05, 0.1) is 5.52 Å². The van der Waals surface area contributed by atoms with Gasteiger partial charge in [0, 0.05) is 50.5 Å². The normalized spacial score (nSPS) is 19.8. The van der Waals surface area contributed by atoms with E-state index < -0.39 is 0 Å². The van der Waals surface area contributed by atoms with Crippen LogP contribution < -0.4 is 10.9 Å². The number of aryl methyl sites for hydroxylation is 1. The van der Waals surface area contributed by atoms with Crippen molar-refractivity contribution in [1.29, 1.82) is 0 Å². The molecule has 31 heavy (non-hydrogen) atoms. The van der Waals surface area contributed by atoms with E-state index in [1.54, 1.807) is 10.8 Å². The van der Waals surface area contributed by atoms with Crippen molar-refractivity contribution in [2.24, 2.45) is 0 Å². The number of aromatic nitrogens is 3. The van der Waals surface area contributed by atoms with E-state index in [1.807, 2.05) is 34.9 Å². The SMILES string of the molecule is CC1CCCC(C)N1CCCNC(=O)CCCn1c(=O)c2cccn2c2cccnc21. The van der Waals surface area contributed by atoms with Gasteiger partial charge in [-0.3, -0.25) is 19.1 Å². The first kappa shape index (κ1) is 21.6. The summed E-state index contributed by atoms with van der Waals surface area (Å²) in [6.07, 6.45) is 9.43. The van der Waals surface area contributed by atoms with Crippen molar-refractivity contribution in [1.82, 2.24) is 24.2 Å². The molecule has 2 atom stereocenters. The molecule has 4 rings (SSSR count). The molecule has 1 aliphatic rings. The summed E-state index contributed by atoms with van der Waals surface area (Å²) < 4.78 is 3.56. The molecule has 0 saturated carbocycles. The molecule has 7 nitrogen and oxygen atoms in total. The Labute approximate surface area is 183 Å². The Morgan fingerprint density at radius 2 is 1.87 bits per heavy atom. The van der Waals surface area contributed by atoms with Crippen molar-refractivity contribution in [3.05, 3.63) is 47.0 Å². The molecule has 1 aliphatic heterocycles. The van der Waals surface area contributed by atoms with Gasteiger partial charge in [0.2, 0.25) is 5.91 Å². The third kappa shape index (κ3) is 4.66. The molecule has 1 amide bonds. The van der Waals surface area contributed by atoms with Crippen LogP contribution in [0.4, 0.5) is 0 Å². The summed E-state index contributed by atoms with van der Waals surface area (Å²) >= 11 is 0. The lowest BCUT2D eigenvalue weighted by molar-refractivity contribution is -0.121. The fourth-order valence-electron chi connectivity index (χ4n) is 4.88. The first-order valence-electron chi connectivity index (χ1n) is 11.5. The number of hydrogen-bond acceptors (Lipinski definition) is 4. The number of rotatable bonds is 8. The number of nitrogens with one attached hydrogen (secondary N) is 1. The van der Waals surface area contributed by atoms with Crippen molar-refractivity contribution in [2.75, 3.05) is 13.1 Å². The van der Waals surface area contributed by atoms with Crippen LogP contribution in [0.3, 0.4) is 0 Å². The Hall–Kier alpha value is -2.67. The van der Waals surface area contributed by atoms with Crippen LogP contribution in [0, 0.1) is 0 Å². The fraction of sp³-hybridized carbons (Fsp3) is 0.542. The number of carbonyl (C=O) groups excluding carboxylic acids is 1. The first-order valence-corrected chi connectivity index (χ1v) is 11.5. The van der Waals surface area contributed by atoms with Gasteiger partial charge >= 0.3 is 0 Å². The number of carbonyl (C=O) groups is 1. The lowest BCUT2D eigenvalue weighted by Crippen LogP contribution is -2.44. The molecule has 0 radical (unpaired) electrons. The molecule has 4 heterocycles. The first-order chi connectivity index (χ1) is 15.1. The van der Waals surface area contributed by atoms with Crippen LogP contribution in [0.1, 0.15) is 52.4 Å². The summed E-state index contributed by atoms with van der Waals surface area (Å²) in [5, 5.41) is 3.04. The van der Waals surface area contributed by atoms with Crippen LogP contribution in [0.25, 0.3) is 16.7 Å². The van der Waals surface area contributed by atoms with Gasteiger partial charge in [-0.1, -0.05) is 6.42 Å². The Kier molecular flexibility index (Phi) is 6.70. The predicted octanol–water partition coefficient (Wildman–Crippen LogP) is 3.20. The van der Waals surface area contributed by atoms with Gasteiger partial charge in [0.15, 0.2) is 5.65 Å². The van der Waals surface area contributed by atoms with Gasteiger partial charge in [-0.05, 0) is 63.8 Å². The summed E-state index contributed by atoms with van der Waals surface area (Å²) in [4.78, 5) is 32.2. The highest BCUT2D eigenvalue weighted by Crippen LogP contribution is 2.22. The van der Waals surface area contributed by atoms with Crippen molar-refractivity contribution in [3.8, 4) is 0 Å². The zero-order chi connectivity index (χ0) is 21.8. The fourth-order valence-corrected chi connectivity index (χ4v) is 4.88. The summed E-state index contributed by atoms with van der Waals surface area (Å²) in [5.41, 5.74) is 2.11. The maximum atomic E-state index is 12.9. The molecule has 3 aromatic rings. The summed E-state index contributed by atoms with van der Waals surface area (Å²) in [5.74, 6) is 0.0498. The second-order valence-corrected chi connectivity index (χ2v) is 8.74. The van der Waals surface area contributed by atoms with Crippen molar-refractivity contribution in [2.45, 2.75) is 71.0 Å². The minimum Gasteiger partial charge on any atom is -0.356 e. The highest BCUT2D eigenvalue weighted by atomic mass is 16.1. The average Bonchev–Trinajstić information content (AvgIpc) is 3.26. The van der Waals surface area contributed by atoms with Crippen LogP contribution in [0.2, 0.25) is 0 Å². The maximum Gasteiger partial charge on any atom is 0.276 e. The highest BCUT2D eigenvalue weighted by molar-refractivity contribution is 5.76. The number of hydrogen-bond donors (Lipinski definition) is 1. The lowest BCUT2D eigenvalue weighted by atomic mass is 9.97. The van der Waals surface area contributed by atoms with Gasteiger partial charge in [-0.25, -0.2) is 4.98 Å². The second-order valence-electron chi connectivity index (χ2n) is 8.74. The quantitative estimate of drug-likeness (QED) is 0.565. The molecule has 2 unspecified atom stereocenters. The van der Waals surface area contributed by atoms with Crippen LogP contribution >= 0.6 is 0 Å². The molecule has 166 valence electrons. The number of amides is 1. The van der Waals surface area contributed by atoms with Gasteiger partial charge in [-0.2, -0.15) is 0 Å². The number of likely N-dealkylation sites (tertiary alicyclic amines) is 1. The molecular formula is C24H33N5O2. The van der Waals surface area contributed by atoms with E-state index in [2.05, 4.69) is 29.0 Å². The van der Waals surface area contributed by atoms with Gasteiger partial charge in [0.25, 0.3) is 5.56 Å². The van der Waals surface area contributed by atoms with E-state index in [4.69, 9.17) is 0 Å². The Bertz CT molecular complexity index is 1090. The molecule has 0 aliphatic carbocycles. The third-order valence-corrected chi connectivity index (χ3v) is 6.57. The third-order valence-electron chi connectivity index (χ3n) is 6.57. The van der Waals surface area contributed by atoms with E-state index in [-0.39, 0.29) is 11.5 Å². The monoisotopic (exact) mass is 423 g/mol. The molecular weight excluding hydrogens is 390 g/mol. The van der Waals surface area contributed by atoms with Crippen LogP contribution in [0.15, 0.2) is 41.5 Å². The number of piperidine rings is 1. The zero-order valence-electron chi connectivity index (χ0n) is 18.6.